The van der Waals surface area contributed by atoms with Gasteiger partial charge in [-0.05, 0) is 145 Å². The largest absolute Gasteiger partial charge is 0.456 e. The van der Waals surface area contributed by atoms with Gasteiger partial charge in [0.05, 0.1) is 0 Å². The number of hydrogen-bond acceptors (Lipinski definition) is 2. The molecule has 2 heteroatoms. The van der Waals surface area contributed by atoms with E-state index in [1.165, 1.54) is 97.7 Å². The molecule has 286 valence electrons. The second-order valence-corrected chi connectivity index (χ2v) is 21.7. The second kappa shape index (κ2) is 10.3. The molecule has 0 saturated carbocycles. The summed E-state index contributed by atoms with van der Waals surface area (Å²) in [7, 11) is 0. The molecule has 2 heterocycles. The standard InChI is InChI=1S/C56H50O2/c1-53(2,3)35-25-37(55(7,8)9)47-33-23-41-51-49-39(21-19-29(45(33)49)27-15-13-17-31(35)43(27)47)58-42-24-34-46-30(20-22-40(57-41)50(46)52(42)51)28-16-14-18-32-36(54(4,5)6)26-38(56(10,11)12)48(34)44(28)32/h13-26H,1-12H3. The van der Waals surface area contributed by atoms with Crippen LogP contribution in [0.4, 0.5) is 0 Å². The van der Waals surface area contributed by atoms with Crippen molar-refractivity contribution in [1.82, 2.24) is 0 Å². The summed E-state index contributed by atoms with van der Waals surface area (Å²) in [6, 6.07) is 32.7. The van der Waals surface area contributed by atoms with Crippen molar-refractivity contribution in [3.05, 3.63) is 107 Å². The molecule has 58 heavy (non-hydrogen) atoms. The molecule has 2 aliphatic rings. The molecule has 0 radical (unpaired) electrons. The summed E-state index contributed by atoms with van der Waals surface area (Å²) in [6.07, 6.45) is 0. The highest BCUT2D eigenvalue weighted by molar-refractivity contribution is 6.43. The average molecular weight is 755 g/mol. The number of hydrogen-bond donors (Lipinski definition) is 0. The Hall–Kier alpha value is -5.60. The van der Waals surface area contributed by atoms with E-state index in [0.717, 1.165) is 44.2 Å². The Balaban J connectivity index is 1.34. The Morgan fingerprint density at radius 1 is 0.276 bits per heavy atom. The molecule has 0 fully saturated rings. The highest BCUT2D eigenvalue weighted by atomic mass is 16.3. The quantitative estimate of drug-likeness (QED) is 0.114. The summed E-state index contributed by atoms with van der Waals surface area (Å²) in [5.41, 5.74) is 11.3. The normalized spacial score (nSPS) is 14.2. The molecule has 0 saturated heterocycles. The summed E-state index contributed by atoms with van der Waals surface area (Å²) in [4.78, 5) is 0. The lowest BCUT2D eigenvalue weighted by molar-refractivity contribution is 0.576. The van der Waals surface area contributed by atoms with E-state index < -0.39 is 0 Å². The van der Waals surface area contributed by atoms with Crippen molar-refractivity contribution in [2.75, 3.05) is 0 Å². The minimum atomic E-state index is -0.0902. The second-order valence-electron chi connectivity index (χ2n) is 21.7. The van der Waals surface area contributed by atoms with Gasteiger partial charge >= 0.3 is 0 Å². The van der Waals surface area contributed by atoms with Crippen LogP contribution in [0.15, 0.2) is 93.8 Å². The minimum Gasteiger partial charge on any atom is -0.456 e. The van der Waals surface area contributed by atoms with Crippen LogP contribution in [0.3, 0.4) is 0 Å². The number of benzene rings is 10. The fourth-order valence-electron chi connectivity index (χ4n) is 11.3. The van der Waals surface area contributed by atoms with Crippen LogP contribution in [-0.2, 0) is 21.7 Å². The molecule has 0 unspecified atom stereocenters. The Bertz CT molecular complexity index is 3440. The van der Waals surface area contributed by atoms with Crippen molar-refractivity contribution in [2.24, 2.45) is 0 Å². The topological polar surface area (TPSA) is 26.3 Å². The van der Waals surface area contributed by atoms with Gasteiger partial charge in [-0.15, -0.1) is 0 Å². The highest BCUT2D eigenvalue weighted by Crippen LogP contribution is 2.57. The fourth-order valence-corrected chi connectivity index (χ4v) is 11.3. The van der Waals surface area contributed by atoms with Gasteiger partial charge in [0.2, 0.25) is 0 Å². The van der Waals surface area contributed by atoms with E-state index in [1.807, 2.05) is 0 Å². The Morgan fingerprint density at radius 3 is 0.966 bits per heavy atom. The molecule has 0 amide bonds. The monoisotopic (exact) mass is 754 g/mol. The number of rotatable bonds is 0. The highest BCUT2D eigenvalue weighted by Gasteiger charge is 2.34. The molecule has 0 atom stereocenters. The molecule has 12 rings (SSSR count). The van der Waals surface area contributed by atoms with Crippen molar-refractivity contribution >= 4 is 109 Å². The van der Waals surface area contributed by atoms with E-state index in [0.29, 0.717) is 0 Å². The average Bonchev–Trinajstić information content (AvgIpc) is 3.15. The molecule has 0 spiro atoms. The van der Waals surface area contributed by atoms with E-state index in [4.69, 9.17) is 8.83 Å². The van der Waals surface area contributed by atoms with E-state index in [-0.39, 0.29) is 21.7 Å². The zero-order chi connectivity index (χ0) is 40.3. The zero-order valence-corrected chi connectivity index (χ0v) is 35.9. The van der Waals surface area contributed by atoms with E-state index >= 15 is 0 Å². The maximum atomic E-state index is 7.28. The van der Waals surface area contributed by atoms with E-state index in [1.54, 1.807) is 0 Å². The van der Waals surface area contributed by atoms with Crippen LogP contribution < -0.4 is 0 Å². The van der Waals surface area contributed by atoms with Gasteiger partial charge in [0.15, 0.2) is 0 Å². The lowest BCUT2D eigenvalue weighted by Gasteiger charge is -2.31. The van der Waals surface area contributed by atoms with Gasteiger partial charge < -0.3 is 8.83 Å². The molecular formula is C56H50O2. The van der Waals surface area contributed by atoms with Gasteiger partial charge in [0.25, 0.3) is 0 Å². The molecule has 10 aromatic rings. The van der Waals surface area contributed by atoms with Crippen molar-refractivity contribution in [3.8, 4) is 11.1 Å². The minimum absolute atomic E-state index is 0.0160. The molecule has 10 aromatic carbocycles. The summed E-state index contributed by atoms with van der Waals surface area (Å²) in [5, 5.41) is 20.5. The van der Waals surface area contributed by atoms with Crippen molar-refractivity contribution in [2.45, 2.75) is 105 Å². The van der Waals surface area contributed by atoms with Gasteiger partial charge in [-0.3, -0.25) is 0 Å². The van der Waals surface area contributed by atoms with Crippen LogP contribution >= 0.6 is 0 Å². The first-order chi connectivity index (χ1) is 27.3. The van der Waals surface area contributed by atoms with E-state index in [9.17, 15) is 0 Å². The van der Waals surface area contributed by atoms with Gasteiger partial charge in [-0.2, -0.15) is 0 Å². The molecule has 2 aliphatic heterocycles. The molecule has 0 aliphatic carbocycles. The zero-order valence-electron chi connectivity index (χ0n) is 35.9. The molecular weight excluding hydrogens is 705 g/mol. The predicted octanol–water partition coefficient (Wildman–Crippen LogP) is 17.0. The van der Waals surface area contributed by atoms with Gasteiger partial charge in [0.1, 0.15) is 22.3 Å². The Kier molecular flexibility index (Phi) is 6.14. The Labute approximate surface area is 339 Å². The maximum absolute atomic E-state index is 7.28. The van der Waals surface area contributed by atoms with Gasteiger partial charge in [-0.25, -0.2) is 0 Å². The Morgan fingerprint density at radius 2 is 0.603 bits per heavy atom. The van der Waals surface area contributed by atoms with Crippen LogP contribution in [0.2, 0.25) is 0 Å². The third kappa shape index (κ3) is 4.14. The van der Waals surface area contributed by atoms with Crippen molar-refractivity contribution < 1.29 is 8.83 Å². The maximum Gasteiger partial charge on any atom is 0.136 e. The molecule has 2 nitrogen and oxygen atoms in total. The van der Waals surface area contributed by atoms with Crippen molar-refractivity contribution in [3.63, 3.8) is 0 Å². The smallest absolute Gasteiger partial charge is 0.136 e. The lowest BCUT2D eigenvalue weighted by atomic mass is 9.73. The van der Waals surface area contributed by atoms with Crippen molar-refractivity contribution in [1.29, 1.82) is 0 Å². The molecule has 0 N–H and O–H groups in total. The number of fused-ring (bicyclic) bond motifs is 4. The third-order valence-electron chi connectivity index (χ3n) is 13.8. The summed E-state index contributed by atoms with van der Waals surface area (Å²) >= 11 is 0. The van der Waals surface area contributed by atoms with Crippen LogP contribution in [-0.4, -0.2) is 0 Å². The SMILES string of the molecule is CC(C)(C)c1cc(C(C)(C)C)c2c3cc4oc5ccc6c7cccc8c(C(C)(C)C)cc(C(C)(C)C)c(c9cc%10oc%11ccc(c%12cccc1c%122)c3c%11c4-c%10c5c69)c87. The van der Waals surface area contributed by atoms with Crippen LogP contribution in [0.5, 0.6) is 0 Å². The van der Waals surface area contributed by atoms with Gasteiger partial charge in [0, 0.05) is 32.7 Å². The van der Waals surface area contributed by atoms with E-state index in [2.05, 4.69) is 168 Å². The summed E-state index contributed by atoms with van der Waals surface area (Å²) in [6.45, 7) is 28.2. The van der Waals surface area contributed by atoms with Crippen LogP contribution in [0.1, 0.15) is 105 Å². The van der Waals surface area contributed by atoms with Crippen LogP contribution in [0.25, 0.3) is 120 Å². The molecule has 0 bridgehead atoms. The predicted molar refractivity (Wildman–Crippen MR) is 251 cm³/mol. The fraction of sp³-hybridized carbons (Fsp3) is 0.286. The van der Waals surface area contributed by atoms with Gasteiger partial charge in [-0.1, -0.05) is 132 Å². The molecule has 0 aromatic heterocycles. The third-order valence-corrected chi connectivity index (χ3v) is 13.8. The lowest BCUT2D eigenvalue weighted by Crippen LogP contribution is -2.18. The summed E-state index contributed by atoms with van der Waals surface area (Å²) < 4.78 is 14.6. The summed E-state index contributed by atoms with van der Waals surface area (Å²) in [5.74, 6) is 0. The first-order valence-electron chi connectivity index (χ1n) is 21.2. The first-order valence-corrected chi connectivity index (χ1v) is 21.2. The van der Waals surface area contributed by atoms with Crippen LogP contribution in [0, 0.1) is 0 Å². The first kappa shape index (κ1) is 34.4.